The van der Waals surface area contributed by atoms with E-state index in [9.17, 15) is 5.11 Å². The average molecular weight is 308 g/mol. The molecule has 124 valence electrons. The zero-order chi connectivity index (χ0) is 16.3. The molecule has 0 amide bonds. The summed E-state index contributed by atoms with van der Waals surface area (Å²) in [5.74, 6) is 2.40. The summed E-state index contributed by atoms with van der Waals surface area (Å²) in [5, 5.41) is 9.76. The number of aliphatic hydroxyl groups is 1. The van der Waals surface area contributed by atoms with Crippen molar-refractivity contribution in [2.75, 3.05) is 20.8 Å². The largest absolute Gasteiger partial charge is 0.493 e. The Morgan fingerprint density at radius 1 is 1.23 bits per heavy atom. The first-order chi connectivity index (χ1) is 10.4. The summed E-state index contributed by atoms with van der Waals surface area (Å²) in [6.45, 7) is 7.01. The molecule has 4 nitrogen and oxygen atoms in total. The lowest BCUT2D eigenvalue weighted by atomic mass is 9.91. The van der Waals surface area contributed by atoms with E-state index in [-0.39, 0.29) is 0 Å². The summed E-state index contributed by atoms with van der Waals surface area (Å²) >= 11 is 0. The van der Waals surface area contributed by atoms with Crippen molar-refractivity contribution in [2.45, 2.75) is 46.1 Å². The van der Waals surface area contributed by atoms with Gasteiger partial charge in [-0.3, -0.25) is 0 Å². The van der Waals surface area contributed by atoms with Crippen molar-refractivity contribution in [3.63, 3.8) is 0 Å². The van der Waals surface area contributed by atoms with E-state index in [4.69, 9.17) is 14.2 Å². The van der Waals surface area contributed by atoms with Gasteiger partial charge in [0.15, 0.2) is 11.5 Å². The van der Waals surface area contributed by atoms with Crippen molar-refractivity contribution in [3.05, 3.63) is 17.7 Å². The van der Waals surface area contributed by atoms with E-state index in [1.807, 2.05) is 0 Å². The molecular weight excluding hydrogens is 280 g/mol. The van der Waals surface area contributed by atoms with E-state index in [0.717, 1.165) is 5.56 Å². The molecule has 0 radical (unpaired) electrons. The summed E-state index contributed by atoms with van der Waals surface area (Å²) in [7, 11) is 3.21. The van der Waals surface area contributed by atoms with E-state index in [1.54, 1.807) is 33.3 Å². The van der Waals surface area contributed by atoms with Crippen molar-refractivity contribution >= 4 is 0 Å². The molecule has 1 aromatic rings. The zero-order valence-corrected chi connectivity index (χ0v) is 14.3. The van der Waals surface area contributed by atoms with Gasteiger partial charge in [0.25, 0.3) is 0 Å². The van der Waals surface area contributed by atoms with E-state index in [0.29, 0.717) is 35.2 Å². The third-order valence-corrected chi connectivity index (χ3v) is 4.50. The standard InChI is InChI=1S/C18H28O4/c1-12(19)14-8-15(20-4)17(16(9-14)21-5)22-11-13-6-7-18(2,3)10-13/h8-9,12-13,19H,6-7,10-11H2,1-5H3. The highest BCUT2D eigenvalue weighted by atomic mass is 16.5. The average Bonchev–Trinajstić information content (AvgIpc) is 2.83. The molecule has 4 heteroatoms. The summed E-state index contributed by atoms with van der Waals surface area (Å²) in [5.41, 5.74) is 1.17. The Labute approximate surface area is 133 Å². The minimum Gasteiger partial charge on any atom is -0.493 e. The van der Waals surface area contributed by atoms with Crippen molar-refractivity contribution in [2.24, 2.45) is 11.3 Å². The van der Waals surface area contributed by atoms with Gasteiger partial charge in [0.1, 0.15) is 0 Å². The van der Waals surface area contributed by atoms with Gasteiger partial charge in [-0.1, -0.05) is 13.8 Å². The number of hydrogen-bond donors (Lipinski definition) is 1. The third kappa shape index (κ3) is 3.86. The van der Waals surface area contributed by atoms with Gasteiger partial charge in [0.05, 0.1) is 26.9 Å². The molecule has 0 saturated heterocycles. The number of ether oxygens (including phenoxy) is 3. The minimum atomic E-state index is -0.576. The van der Waals surface area contributed by atoms with Gasteiger partial charge >= 0.3 is 0 Å². The summed E-state index contributed by atoms with van der Waals surface area (Å²) in [4.78, 5) is 0. The van der Waals surface area contributed by atoms with Gasteiger partial charge in [-0.15, -0.1) is 0 Å². The van der Waals surface area contributed by atoms with Crippen LogP contribution in [0.25, 0.3) is 0 Å². The first-order valence-corrected chi connectivity index (χ1v) is 7.93. The number of aliphatic hydroxyl groups excluding tert-OH is 1. The molecule has 1 saturated carbocycles. The summed E-state index contributed by atoms with van der Waals surface area (Å²) in [6.07, 6.45) is 3.05. The summed E-state index contributed by atoms with van der Waals surface area (Å²) in [6, 6.07) is 3.61. The molecule has 2 atom stereocenters. The van der Waals surface area contributed by atoms with Crippen LogP contribution >= 0.6 is 0 Å². The van der Waals surface area contributed by atoms with E-state index in [1.165, 1.54) is 19.3 Å². The molecule has 0 spiro atoms. The maximum absolute atomic E-state index is 9.76. The fraction of sp³-hybridized carbons (Fsp3) is 0.667. The van der Waals surface area contributed by atoms with Crippen molar-refractivity contribution in [3.8, 4) is 17.2 Å². The Morgan fingerprint density at radius 3 is 2.23 bits per heavy atom. The molecule has 0 aliphatic heterocycles. The van der Waals surface area contributed by atoms with Gasteiger partial charge < -0.3 is 19.3 Å². The highest BCUT2D eigenvalue weighted by Gasteiger charge is 2.31. The predicted octanol–water partition coefficient (Wildman–Crippen LogP) is 3.96. The predicted molar refractivity (Wildman–Crippen MR) is 86.8 cm³/mol. The van der Waals surface area contributed by atoms with Gasteiger partial charge in [-0.25, -0.2) is 0 Å². The fourth-order valence-electron chi connectivity index (χ4n) is 3.21. The summed E-state index contributed by atoms with van der Waals surface area (Å²) < 4.78 is 16.9. The quantitative estimate of drug-likeness (QED) is 0.864. The second-order valence-corrected chi connectivity index (χ2v) is 7.01. The van der Waals surface area contributed by atoms with Crippen LogP contribution in [-0.4, -0.2) is 25.9 Å². The molecule has 1 fully saturated rings. The van der Waals surface area contributed by atoms with Crippen LogP contribution < -0.4 is 14.2 Å². The van der Waals surface area contributed by atoms with Crippen molar-refractivity contribution in [1.29, 1.82) is 0 Å². The maximum atomic E-state index is 9.76. The molecule has 1 aliphatic rings. The van der Waals surface area contributed by atoms with Gasteiger partial charge in [0, 0.05) is 0 Å². The normalized spacial score (nSPS) is 21.5. The van der Waals surface area contributed by atoms with Gasteiger partial charge in [-0.05, 0) is 55.2 Å². The van der Waals surface area contributed by atoms with E-state index < -0.39 is 6.10 Å². The van der Waals surface area contributed by atoms with Crippen LogP contribution in [0.3, 0.4) is 0 Å². The number of benzene rings is 1. The first-order valence-electron chi connectivity index (χ1n) is 7.93. The second kappa shape index (κ2) is 6.78. The number of rotatable bonds is 6. The molecule has 2 unspecified atom stereocenters. The molecule has 2 rings (SSSR count). The van der Waals surface area contributed by atoms with Gasteiger partial charge in [0.2, 0.25) is 5.75 Å². The van der Waals surface area contributed by atoms with E-state index >= 15 is 0 Å². The Balaban J connectivity index is 2.15. The van der Waals surface area contributed by atoms with Crippen LogP contribution in [0.2, 0.25) is 0 Å². The van der Waals surface area contributed by atoms with E-state index in [2.05, 4.69) is 13.8 Å². The smallest absolute Gasteiger partial charge is 0.203 e. The Hall–Kier alpha value is -1.42. The lowest BCUT2D eigenvalue weighted by molar-refractivity contribution is 0.195. The topological polar surface area (TPSA) is 47.9 Å². The Kier molecular flexibility index (Phi) is 5.22. The second-order valence-electron chi connectivity index (χ2n) is 7.01. The molecule has 1 aromatic carbocycles. The minimum absolute atomic E-state index is 0.415. The van der Waals surface area contributed by atoms with Crippen LogP contribution in [0.1, 0.15) is 51.7 Å². The SMILES string of the molecule is COc1cc(C(C)O)cc(OC)c1OCC1CCC(C)(C)C1. The molecule has 22 heavy (non-hydrogen) atoms. The van der Waals surface area contributed by atoms with Crippen LogP contribution in [-0.2, 0) is 0 Å². The monoisotopic (exact) mass is 308 g/mol. The van der Waals surface area contributed by atoms with Crippen molar-refractivity contribution in [1.82, 2.24) is 0 Å². The zero-order valence-electron chi connectivity index (χ0n) is 14.3. The van der Waals surface area contributed by atoms with Crippen molar-refractivity contribution < 1.29 is 19.3 Å². The lowest BCUT2D eigenvalue weighted by Crippen LogP contribution is -2.12. The Bertz CT molecular complexity index is 483. The first kappa shape index (κ1) is 16.9. The highest BCUT2D eigenvalue weighted by Crippen LogP contribution is 2.43. The molecule has 0 bridgehead atoms. The lowest BCUT2D eigenvalue weighted by Gasteiger charge is -2.20. The molecule has 0 aromatic heterocycles. The highest BCUT2D eigenvalue weighted by molar-refractivity contribution is 5.54. The van der Waals surface area contributed by atoms with Crippen LogP contribution in [0.5, 0.6) is 17.2 Å². The third-order valence-electron chi connectivity index (χ3n) is 4.50. The van der Waals surface area contributed by atoms with Gasteiger partial charge in [-0.2, -0.15) is 0 Å². The molecule has 1 N–H and O–H groups in total. The molecular formula is C18H28O4. The number of methoxy groups -OCH3 is 2. The maximum Gasteiger partial charge on any atom is 0.203 e. The van der Waals surface area contributed by atoms with Crippen LogP contribution in [0, 0.1) is 11.3 Å². The Morgan fingerprint density at radius 2 is 1.82 bits per heavy atom. The molecule has 0 heterocycles. The number of hydrogen-bond acceptors (Lipinski definition) is 4. The molecule has 1 aliphatic carbocycles. The van der Waals surface area contributed by atoms with Crippen LogP contribution in [0.4, 0.5) is 0 Å². The van der Waals surface area contributed by atoms with Crippen LogP contribution in [0.15, 0.2) is 12.1 Å². The fourth-order valence-corrected chi connectivity index (χ4v) is 3.21.